The molecule has 1 N–H and O–H groups in total. The van der Waals surface area contributed by atoms with Crippen LogP contribution in [0.25, 0.3) is 0 Å². The SMILES string of the molecule is CC.CCCOc1cc(C)c([C@H]2c3ccc(O)cc3CCN2C)c(F)c1. The minimum Gasteiger partial charge on any atom is -0.508 e. The Morgan fingerprint density at radius 1 is 1.23 bits per heavy atom. The highest BCUT2D eigenvalue weighted by Gasteiger charge is 2.30. The summed E-state index contributed by atoms with van der Waals surface area (Å²) in [5.41, 5.74) is 3.72. The average Bonchev–Trinajstić information content (AvgIpc) is 2.63. The number of phenols is 1. The molecule has 2 aromatic carbocycles. The number of halogens is 1. The van der Waals surface area contributed by atoms with Gasteiger partial charge in [0.15, 0.2) is 0 Å². The summed E-state index contributed by atoms with van der Waals surface area (Å²) in [6.07, 6.45) is 1.75. The van der Waals surface area contributed by atoms with Crippen molar-refractivity contribution in [3.63, 3.8) is 0 Å². The van der Waals surface area contributed by atoms with E-state index in [-0.39, 0.29) is 17.6 Å². The second-order valence-corrected chi connectivity index (χ2v) is 6.50. The van der Waals surface area contributed by atoms with Crippen molar-refractivity contribution in [2.45, 2.75) is 46.6 Å². The molecule has 0 saturated heterocycles. The molecule has 4 heteroatoms. The van der Waals surface area contributed by atoms with Crippen molar-refractivity contribution in [2.24, 2.45) is 0 Å². The highest BCUT2D eigenvalue weighted by atomic mass is 19.1. The van der Waals surface area contributed by atoms with E-state index in [1.54, 1.807) is 12.1 Å². The van der Waals surface area contributed by atoms with Crippen LogP contribution in [0, 0.1) is 12.7 Å². The van der Waals surface area contributed by atoms with Crippen LogP contribution < -0.4 is 4.74 Å². The first-order valence-corrected chi connectivity index (χ1v) is 9.46. The maximum atomic E-state index is 14.9. The molecule has 2 aromatic rings. The lowest BCUT2D eigenvalue weighted by Gasteiger charge is -2.36. The van der Waals surface area contributed by atoms with E-state index in [2.05, 4.69) is 4.90 Å². The van der Waals surface area contributed by atoms with Crippen molar-refractivity contribution in [3.05, 3.63) is 58.4 Å². The third kappa shape index (κ3) is 4.18. The summed E-state index contributed by atoms with van der Waals surface area (Å²) >= 11 is 0. The Morgan fingerprint density at radius 3 is 2.62 bits per heavy atom. The predicted molar refractivity (Wildman–Crippen MR) is 105 cm³/mol. The van der Waals surface area contributed by atoms with Crippen molar-refractivity contribution >= 4 is 0 Å². The minimum absolute atomic E-state index is 0.144. The van der Waals surface area contributed by atoms with Gasteiger partial charge in [-0.25, -0.2) is 4.39 Å². The molecule has 3 rings (SSSR count). The van der Waals surface area contributed by atoms with E-state index in [4.69, 9.17) is 4.74 Å². The fraction of sp³-hybridized carbons (Fsp3) is 0.455. The van der Waals surface area contributed by atoms with E-state index in [1.807, 2.05) is 46.9 Å². The first kappa shape index (κ1) is 20.2. The van der Waals surface area contributed by atoms with Crippen molar-refractivity contribution in [3.8, 4) is 11.5 Å². The summed E-state index contributed by atoms with van der Waals surface area (Å²) < 4.78 is 20.5. The van der Waals surface area contributed by atoms with Gasteiger partial charge >= 0.3 is 0 Å². The Balaban J connectivity index is 0.00000117. The number of benzene rings is 2. The van der Waals surface area contributed by atoms with Crippen molar-refractivity contribution in [1.29, 1.82) is 0 Å². The topological polar surface area (TPSA) is 32.7 Å². The molecule has 1 atom stereocenters. The van der Waals surface area contributed by atoms with Crippen LogP contribution in [0.1, 0.15) is 55.5 Å². The highest BCUT2D eigenvalue weighted by Crippen LogP contribution is 2.39. The number of likely N-dealkylation sites (N-methyl/N-ethyl adjacent to an activating group) is 1. The van der Waals surface area contributed by atoms with Crippen LogP contribution in [-0.2, 0) is 6.42 Å². The zero-order valence-electron chi connectivity index (χ0n) is 16.5. The molecule has 0 aromatic heterocycles. The highest BCUT2D eigenvalue weighted by molar-refractivity contribution is 5.47. The second kappa shape index (κ2) is 9.04. The van der Waals surface area contributed by atoms with Gasteiger partial charge in [0.2, 0.25) is 0 Å². The van der Waals surface area contributed by atoms with Gasteiger partial charge in [-0.2, -0.15) is 0 Å². The molecule has 0 fully saturated rings. The number of ether oxygens (including phenoxy) is 1. The number of hydrogen-bond donors (Lipinski definition) is 1. The van der Waals surface area contributed by atoms with Crippen molar-refractivity contribution in [2.75, 3.05) is 20.2 Å². The normalized spacial score (nSPS) is 16.5. The molecule has 0 unspecified atom stereocenters. The number of aromatic hydroxyl groups is 1. The van der Waals surface area contributed by atoms with E-state index in [0.717, 1.165) is 36.1 Å². The smallest absolute Gasteiger partial charge is 0.132 e. The fourth-order valence-electron chi connectivity index (χ4n) is 3.49. The second-order valence-electron chi connectivity index (χ2n) is 6.50. The molecule has 0 radical (unpaired) electrons. The molecule has 0 amide bonds. The van der Waals surface area contributed by atoms with Crippen LogP contribution in [0.2, 0.25) is 0 Å². The Morgan fingerprint density at radius 2 is 1.96 bits per heavy atom. The minimum atomic E-state index is -0.237. The maximum Gasteiger partial charge on any atom is 0.132 e. The zero-order chi connectivity index (χ0) is 19.3. The van der Waals surface area contributed by atoms with Gasteiger partial charge in [0, 0.05) is 18.2 Å². The van der Waals surface area contributed by atoms with Crippen LogP contribution in [0.15, 0.2) is 30.3 Å². The van der Waals surface area contributed by atoms with E-state index >= 15 is 0 Å². The molecule has 142 valence electrons. The van der Waals surface area contributed by atoms with E-state index in [1.165, 1.54) is 6.07 Å². The van der Waals surface area contributed by atoms with Crippen LogP contribution in [0.3, 0.4) is 0 Å². The van der Waals surface area contributed by atoms with Gasteiger partial charge in [-0.1, -0.05) is 26.8 Å². The van der Waals surface area contributed by atoms with E-state index in [0.29, 0.717) is 17.9 Å². The van der Waals surface area contributed by atoms with Gasteiger partial charge in [0.1, 0.15) is 17.3 Å². The molecule has 0 spiro atoms. The Labute approximate surface area is 156 Å². The van der Waals surface area contributed by atoms with Crippen molar-refractivity contribution < 1.29 is 14.2 Å². The predicted octanol–water partition coefficient (Wildman–Crippen LogP) is 5.23. The van der Waals surface area contributed by atoms with Crippen molar-refractivity contribution in [1.82, 2.24) is 4.90 Å². The maximum absolute atomic E-state index is 14.9. The summed E-state index contributed by atoms with van der Waals surface area (Å²) in [5.74, 6) is 0.608. The number of nitrogens with zero attached hydrogens (tertiary/aromatic N) is 1. The molecular formula is C22H30FNO2. The summed E-state index contributed by atoms with van der Waals surface area (Å²) in [6.45, 7) is 9.37. The van der Waals surface area contributed by atoms with Gasteiger partial charge in [0.25, 0.3) is 0 Å². The Kier molecular flexibility index (Phi) is 7.04. The number of aryl methyl sites for hydroxylation is 1. The lowest BCUT2D eigenvalue weighted by molar-refractivity contribution is 0.257. The number of rotatable bonds is 4. The van der Waals surface area contributed by atoms with Gasteiger partial charge in [-0.05, 0) is 61.7 Å². The van der Waals surface area contributed by atoms with Crippen LogP contribution >= 0.6 is 0 Å². The number of fused-ring (bicyclic) bond motifs is 1. The molecule has 0 bridgehead atoms. The molecule has 1 heterocycles. The summed E-state index contributed by atoms with van der Waals surface area (Å²) in [5, 5.41) is 9.73. The molecule has 1 aliphatic heterocycles. The van der Waals surface area contributed by atoms with Crippen LogP contribution in [0.5, 0.6) is 11.5 Å². The molecule has 0 aliphatic carbocycles. The average molecular weight is 359 g/mol. The molecule has 3 nitrogen and oxygen atoms in total. The van der Waals surface area contributed by atoms with Crippen LogP contribution in [0.4, 0.5) is 4.39 Å². The molecule has 26 heavy (non-hydrogen) atoms. The number of hydrogen-bond acceptors (Lipinski definition) is 3. The Bertz CT molecular complexity index is 722. The Hall–Kier alpha value is -2.07. The van der Waals surface area contributed by atoms with Gasteiger partial charge in [0.05, 0.1) is 12.6 Å². The first-order chi connectivity index (χ1) is 12.5. The quantitative estimate of drug-likeness (QED) is 0.811. The third-order valence-electron chi connectivity index (χ3n) is 4.65. The summed E-state index contributed by atoms with van der Waals surface area (Å²) in [4.78, 5) is 2.16. The lowest BCUT2D eigenvalue weighted by atomic mass is 9.86. The molecule has 0 saturated carbocycles. The standard InChI is InChI=1S/C20H24FNO2.C2H6/c1-4-9-24-16-10-13(2)19(18(21)12-16)20-17-6-5-15(23)11-14(17)7-8-22(20)3;1-2/h5-6,10-12,20,23H,4,7-9H2,1-3H3;1-2H3/t20-;/m1./s1. The summed E-state index contributed by atoms with van der Waals surface area (Å²) in [7, 11) is 2.01. The zero-order valence-corrected chi connectivity index (χ0v) is 16.5. The molecular weight excluding hydrogens is 329 g/mol. The fourth-order valence-corrected chi connectivity index (χ4v) is 3.49. The van der Waals surface area contributed by atoms with E-state index < -0.39 is 0 Å². The number of phenolic OH excluding ortho intramolecular Hbond substituents is 1. The van der Waals surface area contributed by atoms with Gasteiger partial charge < -0.3 is 9.84 Å². The summed E-state index contributed by atoms with van der Waals surface area (Å²) in [6, 6.07) is 8.63. The molecule has 1 aliphatic rings. The monoisotopic (exact) mass is 359 g/mol. The van der Waals surface area contributed by atoms with E-state index in [9.17, 15) is 9.50 Å². The lowest BCUT2D eigenvalue weighted by Crippen LogP contribution is -2.33. The third-order valence-corrected chi connectivity index (χ3v) is 4.65. The largest absolute Gasteiger partial charge is 0.508 e. The van der Waals surface area contributed by atoms with Gasteiger partial charge in [-0.3, -0.25) is 4.90 Å². The van der Waals surface area contributed by atoms with Gasteiger partial charge in [-0.15, -0.1) is 0 Å². The van der Waals surface area contributed by atoms with Crippen LogP contribution in [-0.4, -0.2) is 30.2 Å². The first-order valence-electron chi connectivity index (χ1n) is 9.46.